The van der Waals surface area contributed by atoms with Gasteiger partial charge >= 0.3 is 0 Å². The lowest BCUT2D eigenvalue weighted by Crippen LogP contribution is -2.31. The van der Waals surface area contributed by atoms with Gasteiger partial charge in [-0.05, 0) is 0 Å². The molecule has 0 bridgehead atoms. The topological polar surface area (TPSA) is 84.0 Å². The number of hydrogen-bond acceptors (Lipinski definition) is 5. The van der Waals surface area contributed by atoms with Crippen molar-refractivity contribution < 1.29 is 8.42 Å². The summed E-state index contributed by atoms with van der Waals surface area (Å²) in [5.74, 6) is 0.258. The zero-order valence-electron chi connectivity index (χ0n) is 9.34. The molecule has 1 rings (SSSR count). The van der Waals surface area contributed by atoms with Gasteiger partial charge in [-0.1, -0.05) is 13.8 Å². The van der Waals surface area contributed by atoms with E-state index < -0.39 is 10.0 Å². The molecule has 90 valence electrons. The first-order chi connectivity index (χ1) is 7.49. The lowest BCUT2D eigenvalue weighted by Gasteiger charge is -2.09. The van der Waals surface area contributed by atoms with E-state index in [-0.39, 0.29) is 17.6 Å². The number of aromatic nitrogens is 2. The molecule has 0 atom stereocenters. The standard InChI is InChI=1S/C9H16N4O2S/c1-8(2)11-5-6-16(14,15)13-9-7-10-3-4-12-9/h3-4,7-8,11H,5-6H2,1-2H3,(H,12,13). The number of sulfonamides is 1. The van der Waals surface area contributed by atoms with Crippen LogP contribution in [0, 0.1) is 0 Å². The highest BCUT2D eigenvalue weighted by Gasteiger charge is 2.10. The molecule has 0 amide bonds. The van der Waals surface area contributed by atoms with Gasteiger partial charge in [0.05, 0.1) is 11.9 Å². The molecule has 1 heterocycles. The SMILES string of the molecule is CC(C)NCCS(=O)(=O)Nc1cnccn1. The molecule has 0 aliphatic carbocycles. The number of nitrogens with one attached hydrogen (secondary N) is 2. The molecule has 6 nitrogen and oxygen atoms in total. The predicted octanol–water partition coefficient (Wildman–Crippen LogP) is 0.216. The Hall–Kier alpha value is -1.21. The van der Waals surface area contributed by atoms with Crippen LogP contribution in [-0.2, 0) is 10.0 Å². The summed E-state index contributed by atoms with van der Waals surface area (Å²) in [6, 6.07) is 0.270. The van der Waals surface area contributed by atoms with Crippen LogP contribution >= 0.6 is 0 Å². The Morgan fingerprint density at radius 1 is 1.38 bits per heavy atom. The van der Waals surface area contributed by atoms with E-state index in [0.29, 0.717) is 6.54 Å². The predicted molar refractivity (Wildman–Crippen MR) is 62.6 cm³/mol. The molecule has 0 aromatic carbocycles. The van der Waals surface area contributed by atoms with Crippen LogP contribution in [0.3, 0.4) is 0 Å². The Morgan fingerprint density at radius 2 is 2.12 bits per heavy atom. The summed E-state index contributed by atoms with van der Waals surface area (Å²) in [6.45, 7) is 4.33. The van der Waals surface area contributed by atoms with Gasteiger partial charge < -0.3 is 5.32 Å². The minimum atomic E-state index is -3.35. The summed E-state index contributed by atoms with van der Waals surface area (Å²) in [5.41, 5.74) is 0. The third kappa shape index (κ3) is 5.04. The zero-order valence-corrected chi connectivity index (χ0v) is 10.2. The highest BCUT2D eigenvalue weighted by atomic mass is 32.2. The molecule has 0 radical (unpaired) electrons. The van der Waals surface area contributed by atoms with Crippen LogP contribution < -0.4 is 10.0 Å². The van der Waals surface area contributed by atoms with Crippen molar-refractivity contribution in [3.05, 3.63) is 18.6 Å². The number of nitrogens with zero attached hydrogens (tertiary/aromatic N) is 2. The van der Waals surface area contributed by atoms with Crippen LogP contribution in [0.25, 0.3) is 0 Å². The summed E-state index contributed by atoms with van der Waals surface area (Å²) in [5, 5.41) is 3.03. The summed E-state index contributed by atoms with van der Waals surface area (Å²) in [6.07, 6.45) is 4.29. The Labute approximate surface area is 95.6 Å². The fourth-order valence-electron chi connectivity index (χ4n) is 1.04. The molecule has 1 aromatic heterocycles. The molecule has 0 saturated heterocycles. The monoisotopic (exact) mass is 244 g/mol. The molecule has 0 unspecified atom stereocenters. The van der Waals surface area contributed by atoms with Gasteiger partial charge in [-0.2, -0.15) is 0 Å². The van der Waals surface area contributed by atoms with E-state index >= 15 is 0 Å². The highest BCUT2D eigenvalue weighted by Crippen LogP contribution is 2.01. The van der Waals surface area contributed by atoms with Gasteiger partial charge in [0, 0.05) is 25.0 Å². The largest absolute Gasteiger partial charge is 0.313 e. The van der Waals surface area contributed by atoms with Gasteiger partial charge in [-0.25, -0.2) is 13.4 Å². The minimum Gasteiger partial charge on any atom is -0.313 e. The van der Waals surface area contributed by atoms with Gasteiger partial charge in [0.2, 0.25) is 10.0 Å². The van der Waals surface area contributed by atoms with Crippen molar-refractivity contribution in [3.8, 4) is 0 Å². The minimum absolute atomic E-state index is 0.0156. The van der Waals surface area contributed by atoms with Crippen molar-refractivity contribution in [2.75, 3.05) is 17.0 Å². The van der Waals surface area contributed by atoms with Gasteiger partial charge in [0.25, 0.3) is 0 Å². The molecule has 0 spiro atoms. The summed E-state index contributed by atoms with van der Waals surface area (Å²) in [4.78, 5) is 7.61. The zero-order chi connectivity index (χ0) is 12.0. The van der Waals surface area contributed by atoms with Crippen LogP contribution in [0.1, 0.15) is 13.8 Å². The van der Waals surface area contributed by atoms with Gasteiger partial charge in [0.1, 0.15) is 0 Å². The average Bonchev–Trinajstić information content (AvgIpc) is 2.17. The first-order valence-corrected chi connectivity index (χ1v) is 6.65. The Bertz CT molecular complexity index is 405. The van der Waals surface area contributed by atoms with E-state index in [4.69, 9.17) is 0 Å². The molecule has 0 saturated carbocycles. The van der Waals surface area contributed by atoms with Gasteiger partial charge in [-0.3, -0.25) is 9.71 Å². The summed E-state index contributed by atoms with van der Waals surface area (Å²) < 4.78 is 25.5. The maximum Gasteiger partial charge on any atom is 0.235 e. The smallest absolute Gasteiger partial charge is 0.235 e. The fourth-order valence-corrected chi connectivity index (χ4v) is 1.96. The molecule has 0 aliphatic rings. The maximum absolute atomic E-state index is 11.6. The van der Waals surface area contributed by atoms with Gasteiger partial charge in [0.15, 0.2) is 5.82 Å². The second-order valence-corrected chi connectivity index (χ2v) is 5.46. The molecule has 16 heavy (non-hydrogen) atoms. The molecular weight excluding hydrogens is 228 g/mol. The first-order valence-electron chi connectivity index (χ1n) is 4.99. The third-order valence-electron chi connectivity index (χ3n) is 1.75. The van der Waals surface area contributed by atoms with Crippen molar-refractivity contribution in [2.24, 2.45) is 0 Å². The second-order valence-electron chi connectivity index (χ2n) is 3.62. The van der Waals surface area contributed by atoms with E-state index in [1.807, 2.05) is 13.8 Å². The maximum atomic E-state index is 11.6. The van der Waals surface area contributed by atoms with Crippen molar-refractivity contribution in [3.63, 3.8) is 0 Å². The van der Waals surface area contributed by atoms with Crippen molar-refractivity contribution in [1.82, 2.24) is 15.3 Å². The van der Waals surface area contributed by atoms with Crippen molar-refractivity contribution in [2.45, 2.75) is 19.9 Å². The van der Waals surface area contributed by atoms with Crippen LogP contribution in [0.5, 0.6) is 0 Å². The van der Waals surface area contributed by atoms with E-state index in [1.54, 1.807) is 0 Å². The summed E-state index contributed by atoms with van der Waals surface area (Å²) in [7, 11) is -3.35. The molecular formula is C9H16N4O2S. The van der Waals surface area contributed by atoms with Gasteiger partial charge in [-0.15, -0.1) is 0 Å². The van der Waals surface area contributed by atoms with Crippen molar-refractivity contribution in [1.29, 1.82) is 0 Å². The lowest BCUT2D eigenvalue weighted by atomic mass is 10.4. The number of anilines is 1. The van der Waals surface area contributed by atoms with E-state index in [1.165, 1.54) is 18.6 Å². The molecule has 1 aromatic rings. The second kappa shape index (κ2) is 5.76. The van der Waals surface area contributed by atoms with Crippen LogP contribution in [0.4, 0.5) is 5.82 Å². The Morgan fingerprint density at radius 3 is 2.69 bits per heavy atom. The average molecular weight is 244 g/mol. The number of rotatable bonds is 6. The first kappa shape index (κ1) is 12.9. The quantitative estimate of drug-likeness (QED) is 0.747. The highest BCUT2D eigenvalue weighted by molar-refractivity contribution is 7.92. The van der Waals surface area contributed by atoms with Crippen LogP contribution in [0.2, 0.25) is 0 Å². The lowest BCUT2D eigenvalue weighted by molar-refractivity contribution is 0.581. The van der Waals surface area contributed by atoms with E-state index in [0.717, 1.165) is 0 Å². The Balaban J connectivity index is 2.46. The molecule has 0 aliphatic heterocycles. The fraction of sp³-hybridized carbons (Fsp3) is 0.556. The van der Waals surface area contributed by atoms with E-state index in [2.05, 4.69) is 20.0 Å². The molecule has 0 fully saturated rings. The van der Waals surface area contributed by atoms with Crippen molar-refractivity contribution >= 4 is 15.8 Å². The number of hydrogen-bond donors (Lipinski definition) is 2. The van der Waals surface area contributed by atoms with Crippen LogP contribution in [0.15, 0.2) is 18.6 Å². The third-order valence-corrected chi connectivity index (χ3v) is 3.01. The Kier molecular flexibility index (Phi) is 4.63. The summed E-state index contributed by atoms with van der Waals surface area (Å²) >= 11 is 0. The van der Waals surface area contributed by atoms with E-state index in [9.17, 15) is 8.42 Å². The molecule has 2 N–H and O–H groups in total. The normalized spacial score (nSPS) is 11.7. The van der Waals surface area contributed by atoms with Crippen LogP contribution in [-0.4, -0.2) is 36.7 Å². The molecule has 7 heteroatoms.